The maximum absolute atomic E-state index is 11.6. The van der Waals surface area contributed by atoms with Crippen molar-refractivity contribution in [2.45, 2.75) is 46.1 Å². The third-order valence-electron chi connectivity index (χ3n) is 2.02. The molecule has 0 unspecified atom stereocenters. The number of hydrogen-bond acceptors (Lipinski definition) is 5. The minimum absolute atomic E-state index is 0.0273. The maximum Gasteiger partial charge on any atom is 0.227 e. The van der Waals surface area contributed by atoms with Crippen LogP contribution in [0.2, 0.25) is 0 Å². The first kappa shape index (κ1) is 14.1. The van der Waals surface area contributed by atoms with E-state index in [1.165, 1.54) is 11.3 Å². The monoisotopic (exact) mass is 256 g/mol. The van der Waals surface area contributed by atoms with Crippen LogP contribution in [0.15, 0.2) is 0 Å². The van der Waals surface area contributed by atoms with Gasteiger partial charge in [-0.25, -0.2) is 0 Å². The fourth-order valence-corrected chi connectivity index (χ4v) is 1.88. The standard InChI is InChI=1S/C11H20N4OS/c1-5-9-14-15-10(17-9)13-8(16)6-7-12-11(2,3)4/h12H,5-7H2,1-4H3,(H,13,15,16). The highest BCUT2D eigenvalue weighted by atomic mass is 32.1. The number of hydrogen-bond donors (Lipinski definition) is 2. The lowest BCUT2D eigenvalue weighted by Gasteiger charge is -2.19. The van der Waals surface area contributed by atoms with E-state index in [-0.39, 0.29) is 11.4 Å². The van der Waals surface area contributed by atoms with Crippen LogP contribution in [0, 0.1) is 0 Å². The Morgan fingerprint density at radius 2 is 2.06 bits per heavy atom. The van der Waals surface area contributed by atoms with Gasteiger partial charge in [-0.3, -0.25) is 4.79 Å². The first-order valence-electron chi connectivity index (χ1n) is 5.78. The Kier molecular flexibility index (Phi) is 5.02. The summed E-state index contributed by atoms with van der Waals surface area (Å²) >= 11 is 1.43. The molecule has 0 bridgehead atoms. The van der Waals surface area contributed by atoms with Gasteiger partial charge in [0.25, 0.3) is 0 Å². The van der Waals surface area contributed by atoms with Gasteiger partial charge in [0.2, 0.25) is 11.0 Å². The van der Waals surface area contributed by atoms with E-state index in [0.717, 1.165) is 11.4 Å². The van der Waals surface area contributed by atoms with E-state index >= 15 is 0 Å². The number of nitrogens with one attached hydrogen (secondary N) is 2. The third-order valence-corrected chi connectivity index (χ3v) is 3.01. The van der Waals surface area contributed by atoms with Crippen molar-refractivity contribution in [2.24, 2.45) is 0 Å². The van der Waals surface area contributed by atoms with Gasteiger partial charge in [-0.2, -0.15) is 0 Å². The smallest absolute Gasteiger partial charge is 0.227 e. The van der Waals surface area contributed by atoms with Gasteiger partial charge < -0.3 is 10.6 Å². The van der Waals surface area contributed by atoms with E-state index in [4.69, 9.17) is 0 Å². The lowest BCUT2D eigenvalue weighted by Crippen LogP contribution is -2.37. The molecule has 0 saturated heterocycles. The van der Waals surface area contributed by atoms with Gasteiger partial charge in [-0.05, 0) is 27.2 Å². The van der Waals surface area contributed by atoms with Gasteiger partial charge >= 0.3 is 0 Å². The van der Waals surface area contributed by atoms with Crippen LogP contribution in [0.3, 0.4) is 0 Å². The van der Waals surface area contributed by atoms with Crippen LogP contribution in [-0.4, -0.2) is 28.2 Å². The van der Waals surface area contributed by atoms with Gasteiger partial charge in [-0.1, -0.05) is 18.3 Å². The molecule has 0 aromatic carbocycles. The molecule has 1 rings (SSSR count). The molecule has 5 nitrogen and oxygen atoms in total. The molecular weight excluding hydrogens is 236 g/mol. The van der Waals surface area contributed by atoms with Gasteiger partial charge in [0.1, 0.15) is 5.01 Å². The highest BCUT2D eigenvalue weighted by Gasteiger charge is 2.11. The van der Waals surface area contributed by atoms with Gasteiger partial charge in [0, 0.05) is 18.5 Å². The Bertz CT molecular complexity index is 370. The lowest BCUT2D eigenvalue weighted by atomic mass is 10.1. The van der Waals surface area contributed by atoms with Crippen LogP contribution in [0.4, 0.5) is 5.13 Å². The van der Waals surface area contributed by atoms with Gasteiger partial charge in [0.15, 0.2) is 0 Å². The van der Waals surface area contributed by atoms with Gasteiger partial charge in [0.05, 0.1) is 0 Å². The zero-order chi connectivity index (χ0) is 12.9. The number of carbonyl (C=O) groups is 1. The summed E-state index contributed by atoms with van der Waals surface area (Å²) in [7, 11) is 0. The van der Waals surface area contributed by atoms with Crippen molar-refractivity contribution in [2.75, 3.05) is 11.9 Å². The third kappa shape index (κ3) is 5.74. The largest absolute Gasteiger partial charge is 0.312 e. The van der Waals surface area contributed by atoms with Crippen molar-refractivity contribution < 1.29 is 4.79 Å². The van der Waals surface area contributed by atoms with E-state index in [1.807, 2.05) is 6.92 Å². The Labute approximate surface area is 106 Å². The van der Waals surface area contributed by atoms with Crippen LogP contribution in [0.5, 0.6) is 0 Å². The average molecular weight is 256 g/mol. The second kappa shape index (κ2) is 6.07. The summed E-state index contributed by atoms with van der Waals surface area (Å²) in [5, 5.41) is 15.4. The van der Waals surface area contributed by atoms with E-state index in [1.54, 1.807) is 0 Å². The van der Waals surface area contributed by atoms with Crippen LogP contribution in [-0.2, 0) is 11.2 Å². The summed E-state index contributed by atoms with van der Waals surface area (Å²) < 4.78 is 0. The van der Waals surface area contributed by atoms with Crippen LogP contribution in [0.1, 0.15) is 39.1 Å². The molecular formula is C11H20N4OS. The van der Waals surface area contributed by atoms with Crippen LogP contribution >= 0.6 is 11.3 Å². The van der Waals surface area contributed by atoms with Gasteiger partial charge in [-0.15, -0.1) is 10.2 Å². The normalized spacial score (nSPS) is 11.5. The summed E-state index contributed by atoms with van der Waals surface area (Å²) in [6.07, 6.45) is 1.29. The highest BCUT2D eigenvalue weighted by Crippen LogP contribution is 2.15. The Morgan fingerprint density at radius 1 is 1.35 bits per heavy atom. The average Bonchev–Trinajstić information content (AvgIpc) is 2.63. The molecule has 0 aliphatic carbocycles. The second-order valence-electron chi connectivity index (χ2n) is 4.83. The molecule has 6 heteroatoms. The zero-order valence-electron chi connectivity index (χ0n) is 10.8. The molecule has 0 aliphatic rings. The number of aromatic nitrogens is 2. The molecule has 1 aromatic heterocycles. The molecule has 1 aromatic rings. The Balaban J connectivity index is 2.30. The van der Waals surface area contributed by atoms with E-state index in [9.17, 15) is 4.79 Å². The molecule has 17 heavy (non-hydrogen) atoms. The molecule has 0 atom stereocenters. The molecule has 1 heterocycles. The topological polar surface area (TPSA) is 66.9 Å². The van der Waals surface area contributed by atoms with E-state index < -0.39 is 0 Å². The Morgan fingerprint density at radius 3 is 2.59 bits per heavy atom. The SMILES string of the molecule is CCc1nnc(NC(=O)CCNC(C)(C)C)s1. The van der Waals surface area contributed by atoms with Crippen molar-refractivity contribution in [3.05, 3.63) is 5.01 Å². The van der Waals surface area contributed by atoms with E-state index in [0.29, 0.717) is 18.1 Å². The van der Waals surface area contributed by atoms with Crippen molar-refractivity contribution in [3.8, 4) is 0 Å². The van der Waals surface area contributed by atoms with Crippen molar-refractivity contribution in [3.63, 3.8) is 0 Å². The van der Waals surface area contributed by atoms with Crippen molar-refractivity contribution in [1.82, 2.24) is 15.5 Å². The molecule has 2 N–H and O–H groups in total. The molecule has 1 amide bonds. The number of carbonyl (C=O) groups excluding carboxylic acids is 1. The number of rotatable bonds is 5. The minimum atomic E-state index is -0.0273. The van der Waals surface area contributed by atoms with Crippen molar-refractivity contribution >= 4 is 22.4 Å². The maximum atomic E-state index is 11.6. The molecule has 0 aliphatic heterocycles. The summed E-state index contributed by atoms with van der Waals surface area (Å²) in [6.45, 7) is 8.89. The summed E-state index contributed by atoms with van der Waals surface area (Å²) in [5.74, 6) is -0.0273. The first-order valence-corrected chi connectivity index (χ1v) is 6.59. The summed E-state index contributed by atoms with van der Waals surface area (Å²) in [5.41, 5.74) is 0.0401. The minimum Gasteiger partial charge on any atom is -0.312 e. The first-order chi connectivity index (χ1) is 7.90. The van der Waals surface area contributed by atoms with E-state index in [2.05, 4.69) is 41.6 Å². The quantitative estimate of drug-likeness (QED) is 0.843. The van der Waals surface area contributed by atoms with Crippen LogP contribution in [0.25, 0.3) is 0 Å². The van der Waals surface area contributed by atoms with Crippen molar-refractivity contribution in [1.29, 1.82) is 0 Å². The number of nitrogens with zero attached hydrogens (tertiary/aromatic N) is 2. The predicted molar refractivity (Wildman–Crippen MR) is 70.3 cm³/mol. The summed E-state index contributed by atoms with van der Waals surface area (Å²) in [4.78, 5) is 11.6. The Hall–Kier alpha value is -1.01. The fraction of sp³-hybridized carbons (Fsp3) is 0.727. The number of amides is 1. The zero-order valence-corrected chi connectivity index (χ0v) is 11.6. The highest BCUT2D eigenvalue weighted by molar-refractivity contribution is 7.15. The molecule has 0 fully saturated rings. The fourth-order valence-electron chi connectivity index (χ4n) is 1.18. The van der Waals surface area contributed by atoms with Crippen LogP contribution < -0.4 is 10.6 Å². The predicted octanol–water partition coefficient (Wildman–Crippen LogP) is 1.82. The molecule has 0 saturated carbocycles. The number of aryl methyl sites for hydroxylation is 1. The number of anilines is 1. The molecule has 0 spiro atoms. The summed E-state index contributed by atoms with van der Waals surface area (Å²) in [6, 6.07) is 0. The molecule has 0 radical (unpaired) electrons. The molecule has 96 valence electrons. The lowest BCUT2D eigenvalue weighted by molar-refractivity contribution is -0.116. The second-order valence-corrected chi connectivity index (χ2v) is 5.89.